The van der Waals surface area contributed by atoms with Crippen molar-refractivity contribution in [2.45, 2.75) is 25.7 Å². The molecule has 1 amide bonds. The molecule has 0 saturated heterocycles. The Kier molecular flexibility index (Phi) is 8.32. The van der Waals surface area contributed by atoms with Crippen LogP contribution in [0.25, 0.3) is 0 Å². The third-order valence-corrected chi connectivity index (χ3v) is 5.53. The van der Waals surface area contributed by atoms with Gasteiger partial charge in [0.1, 0.15) is 5.75 Å². The summed E-state index contributed by atoms with van der Waals surface area (Å²) < 4.78 is 30.6. The summed E-state index contributed by atoms with van der Waals surface area (Å²) in [6, 6.07) is 17.0. The van der Waals surface area contributed by atoms with Gasteiger partial charge in [0.15, 0.2) is 0 Å². The molecule has 0 aliphatic rings. The first-order valence-electron chi connectivity index (χ1n) is 9.32. The predicted octanol–water partition coefficient (Wildman–Crippen LogP) is 2.99. The van der Waals surface area contributed by atoms with Crippen LogP contribution in [0.4, 0.5) is 5.69 Å². The Hall–Kier alpha value is -2.54. The number of sulfonamides is 1. The topological polar surface area (TPSA) is 75.7 Å². The Morgan fingerprint density at radius 1 is 1.04 bits per heavy atom. The molecule has 0 aliphatic carbocycles. The fraction of sp³-hybridized carbons (Fsp3) is 0.381. The van der Waals surface area contributed by atoms with Gasteiger partial charge < -0.3 is 10.1 Å². The minimum Gasteiger partial charge on any atom is -0.497 e. The van der Waals surface area contributed by atoms with Gasteiger partial charge in [-0.05, 0) is 49.1 Å². The van der Waals surface area contributed by atoms with Crippen LogP contribution in [-0.4, -0.2) is 40.8 Å². The number of hydrogen-bond acceptors (Lipinski definition) is 4. The summed E-state index contributed by atoms with van der Waals surface area (Å²) in [6.07, 6.45) is 3.69. The SMILES string of the molecule is COc1ccc(N(CCCC(=O)NCCCc2ccccc2)S(C)(=O)=O)cc1. The second-order valence-corrected chi connectivity index (χ2v) is 8.48. The number of aryl methyl sites for hydroxylation is 1. The average molecular weight is 405 g/mol. The quantitative estimate of drug-likeness (QED) is 0.584. The standard InChI is InChI=1S/C21H28N2O4S/c1-27-20-14-12-19(13-15-20)23(28(2,25)26)17-7-11-21(24)22-16-6-10-18-8-4-3-5-9-18/h3-5,8-9,12-15H,6-7,10-11,16-17H2,1-2H3,(H,22,24). The van der Waals surface area contributed by atoms with Gasteiger partial charge in [-0.25, -0.2) is 8.42 Å². The van der Waals surface area contributed by atoms with E-state index in [9.17, 15) is 13.2 Å². The molecule has 0 aromatic heterocycles. The highest BCUT2D eigenvalue weighted by Crippen LogP contribution is 2.21. The van der Waals surface area contributed by atoms with E-state index in [-0.39, 0.29) is 18.9 Å². The minimum absolute atomic E-state index is 0.0590. The molecule has 0 saturated carbocycles. The van der Waals surface area contributed by atoms with Crippen molar-refractivity contribution < 1.29 is 17.9 Å². The fourth-order valence-corrected chi connectivity index (χ4v) is 3.84. The highest BCUT2D eigenvalue weighted by Gasteiger charge is 2.17. The van der Waals surface area contributed by atoms with Crippen molar-refractivity contribution in [1.82, 2.24) is 5.32 Å². The van der Waals surface area contributed by atoms with Gasteiger partial charge in [0.05, 0.1) is 19.1 Å². The summed E-state index contributed by atoms with van der Waals surface area (Å²) >= 11 is 0. The van der Waals surface area contributed by atoms with Crippen molar-refractivity contribution >= 4 is 21.6 Å². The molecule has 2 rings (SSSR count). The molecule has 0 unspecified atom stereocenters. The Morgan fingerprint density at radius 2 is 1.71 bits per heavy atom. The molecule has 0 fully saturated rings. The molecule has 1 N–H and O–H groups in total. The van der Waals surface area contributed by atoms with Gasteiger partial charge in [0.2, 0.25) is 15.9 Å². The van der Waals surface area contributed by atoms with Gasteiger partial charge in [0.25, 0.3) is 0 Å². The summed E-state index contributed by atoms with van der Waals surface area (Å²) in [5.41, 5.74) is 1.81. The predicted molar refractivity (Wildman–Crippen MR) is 112 cm³/mol. The van der Waals surface area contributed by atoms with Crippen molar-refractivity contribution in [1.29, 1.82) is 0 Å². The van der Waals surface area contributed by atoms with Crippen molar-refractivity contribution in [2.24, 2.45) is 0 Å². The van der Waals surface area contributed by atoms with Crippen molar-refractivity contribution in [2.75, 3.05) is 30.8 Å². The maximum absolute atomic E-state index is 12.1. The van der Waals surface area contributed by atoms with Crippen LogP contribution in [0.1, 0.15) is 24.8 Å². The van der Waals surface area contributed by atoms with Gasteiger partial charge in [-0.1, -0.05) is 30.3 Å². The molecule has 0 atom stereocenters. The molecule has 0 radical (unpaired) electrons. The van der Waals surface area contributed by atoms with Gasteiger partial charge in [0, 0.05) is 19.5 Å². The van der Waals surface area contributed by atoms with Crippen LogP contribution in [0, 0.1) is 0 Å². The number of carbonyl (C=O) groups excluding carboxylic acids is 1. The lowest BCUT2D eigenvalue weighted by Gasteiger charge is -2.22. The van der Waals surface area contributed by atoms with E-state index in [0.29, 0.717) is 24.4 Å². The number of rotatable bonds is 11. The van der Waals surface area contributed by atoms with Gasteiger partial charge in [-0.3, -0.25) is 9.10 Å². The number of benzene rings is 2. The molecule has 6 nitrogen and oxygen atoms in total. The number of nitrogens with zero attached hydrogens (tertiary/aromatic N) is 1. The highest BCUT2D eigenvalue weighted by atomic mass is 32.2. The maximum atomic E-state index is 12.1. The van der Waals surface area contributed by atoms with E-state index in [1.54, 1.807) is 31.4 Å². The zero-order chi connectivity index (χ0) is 20.4. The lowest BCUT2D eigenvalue weighted by atomic mass is 10.1. The summed E-state index contributed by atoms with van der Waals surface area (Å²) in [5.74, 6) is 0.600. The summed E-state index contributed by atoms with van der Waals surface area (Å²) in [5, 5.41) is 2.90. The molecule has 152 valence electrons. The van der Waals surface area contributed by atoms with Gasteiger partial charge in [-0.2, -0.15) is 0 Å². The van der Waals surface area contributed by atoms with Gasteiger partial charge >= 0.3 is 0 Å². The number of anilines is 1. The molecule has 0 spiro atoms. The second kappa shape index (κ2) is 10.7. The maximum Gasteiger partial charge on any atom is 0.232 e. The van der Waals surface area contributed by atoms with Gasteiger partial charge in [-0.15, -0.1) is 0 Å². The molecule has 0 bridgehead atoms. The third kappa shape index (κ3) is 7.23. The van der Waals surface area contributed by atoms with Crippen molar-refractivity contribution in [3.8, 4) is 5.75 Å². The Bertz CT molecular complexity index is 836. The summed E-state index contributed by atoms with van der Waals surface area (Å²) in [7, 11) is -1.87. The van der Waals surface area contributed by atoms with Crippen LogP contribution in [-0.2, 0) is 21.2 Å². The average Bonchev–Trinajstić information content (AvgIpc) is 2.68. The first-order chi connectivity index (χ1) is 13.4. The molecule has 7 heteroatoms. The van der Waals surface area contributed by atoms with Crippen LogP contribution >= 0.6 is 0 Å². The zero-order valence-corrected chi connectivity index (χ0v) is 17.2. The van der Waals surface area contributed by atoms with E-state index in [4.69, 9.17) is 4.74 Å². The number of methoxy groups -OCH3 is 1. The van der Waals surface area contributed by atoms with Crippen LogP contribution in [0.5, 0.6) is 5.75 Å². The number of carbonyl (C=O) groups is 1. The molecular formula is C21H28N2O4S. The molecule has 0 aliphatic heterocycles. The molecule has 28 heavy (non-hydrogen) atoms. The van der Waals surface area contributed by atoms with E-state index in [1.807, 2.05) is 18.2 Å². The summed E-state index contributed by atoms with van der Waals surface area (Å²) in [4.78, 5) is 12.0. The second-order valence-electron chi connectivity index (χ2n) is 6.58. The highest BCUT2D eigenvalue weighted by molar-refractivity contribution is 7.92. The fourth-order valence-electron chi connectivity index (χ4n) is 2.87. The normalized spacial score (nSPS) is 11.1. The van der Waals surface area contributed by atoms with E-state index < -0.39 is 10.0 Å². The molecule has 2 aromatic rings. The van der Waals surface area contributed by atoms with Crippen LogP contribution in [0.2, 0.25) is 0 Å². The largest absolute Gasteiger partial charge is 0.497 e. The number of nitrogens with one attached hydrogen (secondary N) is 1. The van der Waals surface area contributed by atoms with E-state index in [2.05, 4.69) is 17.4 Å². The first-order valence-corrected chi connectivity index (χ1v) is 11.2. The lowest BCUT2D eigenvalue weighted by Crippen LogP contribution is -2.32. The Balaban J connectivity index is 1.75. The number of amides is 1. The first kappa shape index (κ1) is 21.8. The number of ether oxygens (including phenoxy) is 1. The Morgan fingerprint density at radius 3 is 2.32 bits per heavy atom. The smallest absolute Gasteiger partial charge is 0.232 e. The van der Waals surface area contributed by atoms with Crippen molar-refractivity contribution in [3.63, 3.8) is 0 Å². The van der Waals surface area contributed by atoms with Crippen LogP contribution in [0.15, 0.2) is 54.6 Å². The minimum atomic E-state index is -3.43. The summed E-state index contributed by atoms with van der Waals surface area (Å²) in [6.45, 7) is 0.866. The van der Waals surface area contributed by atoms with E-state index in [1.165, 1.54) is 16.1 Å². The van der Waals surface area contributed by atoms with E-state index >= 15 is 0 Å². The third-order valence-electron chi connectivity index (χ3n) is 4.33. The van der Waals surface area contributed by atoms with Crippen LogP contribution < -0.4 is 14.4 Å². The molecule has 0 heterocycles. The number of hydrogen-bond donors (Lipinski definition) is 1. The molecule has 2 aromatic carbocycles. The Labute approximate surface area is 167 Å². The lowest BCUT2D eigenvalue weighted by molar-refractivity contribution is -0.121. The van der Waals surface area contributed by atoms with Crippen molar-refractivity contribution in [3.05, 3.63) is 60.2 Å². The molecular weight excluding hydrogens is 376 g/mol. The van der Waals surface area contributed by atoms with E-state index in [0.717, 1.165) is 12.8 Å². The van der Waals surface area contributed by atoms with Crippen LogP contribution in [0.3, 0.4) is 0 Å². The zero-order valence-electron chi connectivity index (χ0n) is 16.4. The monoisotopic (exact) mass is 404 g/mol.